The summed E-state index contributed by atoms with van der Waals surface area (Å²) in [5.41, 5.74) is 0. The van der Waals surface area contributed by atoms with Crippen LogP contribution in [0.3, 0.4) is 0 Å². The third kappa shape index (κ3) is 3.85. The minimum Gasteiger partial charge on any atom is -0.343 e. The van der Waals surface area contributed by atoms with E-state index in [4.69, 9.17) is 0 Å². The molecule has 2 heterocycles. The molecule has 0 aromatic carbocycles. The summed E-state index contributed by atoms with van der Waals surface area (Å²) in [5, 5.41) is 5.36. The Hall–Kier alpha value is -1.43. The second kappa shape index (κ2) is 7.22. The van der Waals surface area contributed by atoms with Crippen molar-refractivity contribution in [2.24, 2.45) is 11.8 Å². The first-order chi connectivity index (χ1) is 10.7. The number of hydrogen-bond donors (Lipinski definition) is 1. The fourth-order valence-corrected chi connectivity index (χ4v) is 4.01. The van der Waals surface area contributed by atoms with Crippen LogP contribution < -0.4 is 5.32 Å². The number of nitrogens with zero attached hydrogens (tertiary/aromatic N) is 2. The van der Waals surface area contributed by atoms with E-state index in [2.05, 4.69) is 10.3 Å². The third-order valence-corrected chi connectivity index (χ3v) is 5.51. The quantitative estimate of drug-likeness (QED) is 0.927. The van der Waals surface area contributed by atoms with Crippen LogP contribution in [0.2, 0.25) is 0 Å². The standard InChI is InChI=1S/C16H23N3O2S/c20-14(11-12-3-1-2-4-12)19-8-5-13(6-9-19)15(21)18-16-17-7-10-22-16/h7,10,12-13H,1-6,8-9,11H2,(H,17,18,21). The van der Waals surface area contributed by atoms with Crippen LogP contribution in [0.1, 0.15) is 44.9 Å². The molecule has 1 aliphatic heterocycles. The predicted molar refractivity (Wildman–Crippen MR) is 86.6 cm³/mol. The van der Waals surface area contributed by atoms with Crippen LogP contribution in [0.25, 0.3) is 0 Å². The van der Waals surface area contributed by atoms with Crippen LogP contribution >= 0.6 is 11.3 Å². The largest absolute Gasteiger partial charge is 0.343 e. The molecule has 6 heteroatoms. The molecule has 1 aliphatic carbocycles. The van der Waals surface area contributed by atoms with E-state index in [1.807, 2.05) is 10.3 Å². The maximum Gasteiger partial charge on any atom is 0.229 e. The molecule has 0 unspecified atom stereocenters. The van der Waals surface area contributed by atoms with Crippen LogP contribution in [0.5, 0.6) is 0 Å². The molecule has 2 aliphatic rings. The van der Waals surface area contributed by atoms with Crippen molar-refractivity contribution in [2.45, 2.75) is 44.9 Å². The van der Waals surface area contributed by atoms with Gasteiger partial charge in [0.25, 0.3) is 0 Å². The molecule has 0 bridgehead atoms. The summed E-state index contributed by atoms with van der Waals surface area (Å²) in [6.07, 6.45) is 8.87. The topological polar surface area (TPSA) is 62.3 Å². The molecule has 1 aromatic rings. The van der Waals surface area contributed by atoms with Gasteiger partial charge in [-0.3, -0.25) is 9.59 Å². The van der Waals surface area contributed by atoms with Gasteiger partial charge in [0.15, 0.2) is 5.13 Å². The lowest BCUT2D eigenvalue weighted by atomic mass is 9.95. The first-order valence-corrected chi connectivity index (χ1v) is 9.08. The zero-order valence-electron chi connectivity index (χ0n) is 12.8. The van der Waals surface area contributed by atoms with Crippen molar-refractivity contribution in [1.82, 2.24) is 9.88 Å². The Balaban J connectivity index is 1.43. The molecule has 120 valence electrons. The summed E-state index contributed by atoms with van der Waals surface area (Å²) in [6.45, 7) is 1.42. The molecule has 1 saturated heterocycles. The van der Waals surface area contributed by atoms with Crippen LogP contribution in [0, 0.1) is 11.8 Å². The zero-order chi connectivity index (χ0) is 15.4. The summed E-state index contributed by atoms with van der Waals surface area (Å²) < 4.78 is 0. The summed E-state index contributed by atoms with van der Waals surface area (Å²) >= 11 is 1.43. The van der Waals surface area contributed by atoms with Crippen molar-refractivity contribution >= 4 is 28.3 Å². The Bertz CT molecular complexity index is 503. The number of hydrogen-bond acceptors (Lipinski definition) is 4. The van der Waals surface area contributed by atoms with Gasteiger partial charge in [0.05, 0.1) is 0 Å². The number of likely N-dealkylation sites (tertiary alicyclic amines) is 1. The molecule has 0 radical (unpaired) electrons. The number of nitrogens with one attached hydrogen (secondary N) is 1. The Labute approximate surface area is 135 Å². The van der Waals surface area contributed by atoms with Gasteiger partial charge in [0, 0.05) is 37.0 Å². The van der Waals surface area contributed by atoms with Crippen LogP contribution in [-0.2, 0) is 9.59 Å². The average Bonchev–Trinajstić information content (AvgIpc) is 3.21. The SMILES string of the molecule is O=C(Nc1nccs1)C1CCN(C(=O)CC2CCCC2)CC1. The van der Waals surface area contributed by atoms with E-state index in [-0.39, 0.29) is 17.7 Å². The number of thiazole rings is 1. The molecule has 1 saturated carbocycles. The van der Waals surface area contributed by atoms with Gasteiger partial charge in [-0.2, -0.15) is 0 Å². The highest BCUT2D eigenvalue weighted by Crippen LogP contribution is 2.29. The smallest absolute Gasteiger partial charge is 0.229 e. The fraction of sp³-hybridized carbons (Fsp3) is 0.688. The summed E-state index contributed by atoms with van der Waals surface area (Å²) in [7, 11) is 0. The molecule has 3 rings (SSSR count). The first-order valence-electron chi connectivity index (χ1n) is 8.20. The van der Waals surface area contributed by atoms with Crippen LogP contribution in [0.4, 0.5) is 5.13 Å². The summed E-state index contributed by atoms with van der Waals surface area (Å²) in [5.74, 6) is 0.918. The van der Waals surface area contributed by atoms with Crippen molar-refractivity contribution < 1.29 is 9.59 Å². The number of piperidine rings is 1. The van der Waals surface area contributed by atoms with Crippen molar-refractivity contribution in [3.63, 3.8) is 0 Å². The first kappa shape index (κ1) is 15.5. The maximum atomic E-state index is 12.3. The third-order valence-electron chi connectivity index (χ3n) is 4.82. The minimum atomic E-state index is -0.000527. The van der Waals surface area contributed by atoms with E-state index in [1.54, 1.807) is 6.20 Å². The van der Waals surface area contributed by atoms with Crippen LogP contribution in [-0.4, -0.2) is 34.8 Å². The van der Waals surface area contributed by atoms with Crippen molar-refractivity contribution in [1.29, 1.82) is 0 Å². The Kier molecular flexibility index (Phi) is 5.08. The highest BCUT2D eigenvalue weighted by atomic mass is 32.1. The van der Waals surface area contributed by atoms with Gasteiger partial charge in [-0.1, -0.05) is 12.8 Å². The minimum absolute atomic E-state index is 0.000527. The highest BCUT2D eigenvalue weighted by Gasteiger charge is 2.29. The molecule has 0 atom stereocenters. The molecule has 2 fully saturated rings. The fourth-order valence-electron chi connectivity index (χ4n) is 3.47. The van der Waals surface area contributed by atoms with Crippen molar-refractivity contribution in [2.75, 3.05) is 18.4 Å². The lowest BCUT2D eigenvalue weighted by molar-refractivity contribution is -0.135. The molecular weight excluding hydrogens is 298 g/mol. The highest BCUT2D eigenvalue weighted by molar-refractivity contribution is 7.13. The monoisotopic (exact) mass is 321 g/mol. The van der Waals surface area contributed by atoms with Crippen molar-refractivity contribution in [3.8, 4) is 0 Å². The van der Waals surface area contributed by atoms with Gasteiger partial charge in [-0.25, -0.2) is 4.98 Å². The predicted octanol–water partition coefficient (Wildman–Crippen LogP) is 2.90. The molecule has 5 nitrogen and oxygen atoms in total. The second-order valence-electron chi connectivity index (χ2n) is 6.34. The summed E-state index contributed by atoms with van der Waals surface area (Å²) in [4.78, 5) is 30.5. The molecule has 22 heavy (non-hydrogen) atoms. The van der Waals surface area contributed by atoms with E-state index in [1.165, 1.54) is 37.0 Å². The Morgan fingerprint density at radius 2 is 1.95 bits per heavy atom. The zero-order valence-corrected chi connectivity index (χ0v) is 13.6. The van der Waals surface area contributed by atoms with Gasteiger partial charge >= 0.3 is 0 Å². The molecule has 2 amide bonds. The van der Waals surface area contributed by atoms with E-state index < -0.39 is 0 Å². The molecule has 0 spiro atoms. The second-order valence-corrected chi connectivity index (χ2v) is 7.23. The number of amides is 2. The van der Waals surface area contributed by atoms with Gasteiger partial charge in [-0.15, -0.1) is 11.3 Å². The Morgan fingerprint density at radius 3 is 2.59 bits per heavy atom. The molecular formula is C16H23N3O2S. The number of aromatic nitrogens is 1. The van der Waals surface area contributed by atoms with E-state index in [9.17, 15) is 9.59 Å². The van der Waals surface area contributed by atoms with E-state index in [0.29, 0.717) is 30.6 Å². The number of anilines is 1. The van der Waals surface area contributed by atoms with Gasteiger partial charge < -0.3 is 10.2 Å². The number of carbonyl (C=O) groups is 2. The van der Waals surface area contributed by atoms with Crippen LogP contribution in [0.15, 0.2) is 11.6 Å². The lowest BCUT2D eigenvalue weighted by Crippen LogP contribution is -2.41. The summed E-state index contributed by atoms with van der Waals surface area (Å²) in [6, 6.07) is 0. The Morgan fingerprint density at radius 1 is 1.23 bits per heavy atom. The number of carbonyl (C=O) groups excluding carboxylic acids is 2. The van der Waals surface area contributed by atoms with Gasteiger partial charge in [0.1, 0.15) is 0 Å². The van der Waals surface area contributed by atoms with Gasteiger partial charge in [0.2, 0.25) is 11.8 Å². The molecule has 1 aromatic heterocycles. The lowest BCUT2D eigenvalue weighted by Gasteiger charge is -2.31. The normalized spacial score (nSPS) is 20.3. The van der Waals surface area contributed by atoms with Crippen molar-refractivity contribution in [3.05, 3.63) is 11.6 Å². The number of rotatable bonds is 4. The average molecular weight is 321 g/mol. The molecule has 1 N–H and O–H groups in total. The van der Waals surface area contributed by atoms with Gasteiger partial charge in [-0.05, 0) is 31.6 Å². The van der Waals surface area contributed by atoms with E-state index in [0.717, 1.165) is 12.8 Å². The maximum absolute atomic E-state index is 12.3. The van der Waals surface area contributed by atoms with E-state index >= 15 is 0 Å².